The summed E-state index contributed by atoms with van der Waals surface area (Å²) in [7, 11) is 5.30. The number of aromatic nitrogens is 1. The van der Waals surface area contributed by atoms with Gasteiger partial charge in [0.1, 0.15) is 0 Å². The van der Waals surface area contributed by atoms with Gasteiger partial charge in [0.2, 0.25) is 0 Å². The zero-order valence-corrected chi connectivity index (χ0v) is 12.8. The molecule has 0 bridgehead atoms. The van der Waals surface area contributed by atoms with E-state index in [0.717, 1.165) is 24.3 Å². The van der Waals surface area contributed by atoms with Crippen molar-refractivity contribution in [2.75, 3.05) is 21.3 Å². The third kappa shape index (κ3) is 4.20. The van der Waals surface area contributed by atoms with Gasteiger partial charge in [0.25, 0.3) is 0 Å². The Bertz CT molecular complexity index is 558. The summed E-state index contributed by atoms with van der Waals surface area (Å²) in [6, 6.07) is 10.5. The second-order valence-electron chi connectivity index (χ2n) is 4.94. The van der Waals surface area contributed by atoms with Crippen LogP contribution in [0.4, 0.5) is 0 Å². The molecular weight excluding hydrogens is 264 g/mol. The number of nitrogens with one attached hydrogen (secondary N) is 1. The smallest absolute Gasteiger partial charge is 0.160 e. The van der Waals surface area contributed by atoms with Crippen LogP contribution in [-0.2, 0) is 12.8 Å². The van der Waals surface area contributed by atoms with Crippen LogP contribution < -0.4 is 14.8 Å². The van der Waals surface area contributed by atoms with Crippen LogP contribution in [-0.4, -0.2) is 32.3 Å². The Morgan fingerprint density at radius 2 is 1.81 bits per heavy atom. The van der Waals surface area contributed by atoms with E-state index < -0.39 is 0 Å². The van der Waals surface area contributed by atoms with E-state index in [2.05, 4.69) is 22.4 Å². The van der Waals surface area contributed by atoms with E-state index in [4.69, 9.17) is 9.47 Å². The molecule has 0 saturated carbocycles. The van der Waals surface area contributed by atoms with Crippen molar-refractivity contribution in [3.8, 4) is 11.5 Å². The predicted octanol–water partition coefficient (Wildman–Crippen LogP) is 2.47. The van der Waals surface area contributed by atoms with Crippen LogP contribution in [0, 0.1) is 0 Å². The Balaban J connectivity index is 2.08. The first-order chi connectivity index (χ1) is 10.3. The summed E-state index contributed by atoms with van der Waals surface area (Å²) in [6.07, 6.45) is 5.58. The van der Waals surface area contributed by atoms with Gasteiger partial charge >= 0.3 is 0 Å². The van der Waals surface area contributed by atoms with Gasteiger partial charge in [-0.2, -0.15) is 0 Å². The molecule has 1 aromatic heterocycles. The summed E-state index contributed by atoms with van der Waals surface area (Å²) in [5, 5.41) is 3.37. The van der Waals surface area contributed by atoms with E-state index in [-0.39, 0.29) is 0 Å². The molecule has 0 aliphatic rings. The molecule has 1 aromatic carbocycles. The molecule has 2 aromatic rings. The number of benzene rings is 1. The van der Waals surface area contributed by atoms with Gasteiger partial charge in [-0.25, -0.2) is 0 Å². The maximum absolute atomic E-state index is 5.35. The van der Waals surface area contributed by atoms with Crippen molar-refractivity contribution in [1.82, 2.24) is 10.3 Å². The Morgan fingerprint density at radius 1 is 1.05 bits per heavy atom. The maximum atomic E-state index is 5.35. The van der Waals surface area contributed by atoms with Gasteiger partial charge in [-0.1, -0.05) is 12.1 Å². The molecule has 0 aliphatic heterocycles. The number of rotatable bonds is 7. The normalized spacial score (nSPS) is 12.0. The van der Waals surface area contributed by atoms with E-state index in [9.17, 15) is 0 Å². The molecule has 2 rings (SSSR count). The van der Waals surface area contributed by atoms with E-state index in [1.54, 1.807) is 20.4 Å². The average Bonchev–Trinajstić information content (AvgIpc) is 2.55. The lowest BCUT2D eigenvalue weighted by molar-refractivity contribution is 0.354. The Kier molecular flexibility index (Phi) is 5.58. The third-order valence-electron chi connectivity index (χ3n) is 3.54. The molecule has 1 heterocycles. The molecule has 112 valence electrons. The highest BCUT2D eigenvalue weighted by Crippen LogP contribution is 2.28. The van der Waals surface area contributed by atoms with Crippen LogP contribution in [0.25, 0.3) is 0 Å². The minimum atomic E-state index is 0.354. The first-order valence-electron chi connectivity index (χ1n) is 7.04. The molecule has 0 radical (unpaired) electrons. The summed E-state index contributed by atoms with van der Waals surface area (Å²) in [6.45, 7) is 0. The first kappa shape index (κ1) is 15.3. The van der Waals surface area contributed by atoms with E-state index in [0.29, 0.717) is 6.04 Å². The van der Waals surface area contributed by atoms with Crippen molar-refractivity contribution < 1.29 is 9.47 Å². The monoisotopic (exact) mass is 286 g/mol. The zero-order valence-electron chi connectivity index (χ0n) is 12.8. The maximum Gasteiger partial charge on any atom is 0.160 e. The van der Waals surface area contributed by atoms with Crippen molar-refractivity contribution in [2.24, 2.45) is 0 Å². The number of likely N-dealkylation sites (N-methyl/N-ethyl adjacent to an activating group) is 1. The molecule has 0 saturated heterocycles. The van der Waals surface area contributed by atoms with E-state index in [1.807, 2.05) is 31.4 Å². The first-order valence-corrected chi connectivity index (χ1v) is 7.04. The molecule has 1 N–H and O–H groups in total. The van der Waals surface area contributed by atoms with Gasteiger partial charge in [-0.3, -0.25) is 4.98 Å². The van der Waals surface area contributed by atoms with Crippen molar-refractivity contribution in [3.05, 3.63) is 53.9 Å². The van der Waals surface area contributed by atoms with Crippen LogP contribution in [0.1, 0.15) is 11.1 Å². The zero-order chi connectivity index (χ0) is 15.1. The van der Waals surface area contributed by atoms with Crippen LogP contribution in [0.3, 0.4) is 0 Å². The highest BCUT2D eigenvalue weighted by molar-refractivity contribution is 5.43. The van der Waals surface area contributed by atoms with Crippen molar-refractivity contribution in [2.45, 2.75) is 18.9 Å². The number of hydrogen-bond donors (Lipinski definition) is 1. The number of methoxy groups -OCH3 is 2. The van der Waals surface area contributed by atoms with Crippen LogP contribution in [0.15, 0.2) is 42.7 Å². The minimum Gasteiger partial charge on any atom is -0.493 e. The number of ether oxygens (including phenoxy) is 2. The fourth-order valence-corrected chi connectivity index (χ4v) is 2.37. The molecule has 0 aliphatic carbocycles. The number of pyridine rings is 1. The quantitative estimate of drug-likeness (QED) is 0.849. The molecule has 21 heavy (non-hydrogen) atoms. The summed E-state index contributed by atoms with van der Waals surface area (Å²) < 4.78 is 10.6. The largest absolute Gasteiger partial charge is 0.493 e. The molecule has 0 fully saturated rings. The van der Waals surface area contributed by atoms with Crippen molar-refractivity contribution in [1.29, 1.82) is 0 Å². The average molecular weight is 286 g/mol. The fourth-order valence-electron chi connectivity index (χ4n) is 2.37. The highest BCUT2D eigenvalue weighted by atomic mass is 16.5. The molecule has 0 spiro atoms. The van der Waals surface area contributed by atoms with Crippen LogP contribution in [0.2, 0.25) is 0 Å². The Morgan fingerprint density at radius 3 is 2.43 bits per heavy atom. The van der Waals surface area contributed by atoms with E-state index >= 15 is 0 Å². The van der Waals surface area contributed by atoms with Gasteiger partial charge in [0, 0.05) is 18.4 Å². The van der Waals surface area contributed by atoms with Gasteiger partial charge in [-0.15, -0.1) is 0 Å². The standard InChI is InChI=1S/C17H22N2O2/c1-18-15(10-14-5-4-8-19-12-14)9-13-6-7-16(20-2)17(11-13)21-3/h4-8,11-12,15,18H,9-10H2,1-3H3. The summed E-state index contributed by atoms with van der Waals surface area (Å²) >= 11 is 0. The highest BCUT2D eigenvalue weighted by Gasteiger charge is 2.11. The molecule has 4 nitrogen and oxygen atoms in total. The van der Waals surface area contributed by atoms with Gasteiger partial charge in [-0.05, 0) is 49.2 Å². The van der Waals surface area contributed by atoms with E-state index in [1.165, 1.54) is 11.1 Å². The Hall–Kier alpha value is -2.07. The lowest BCUT2D eigenvalue weighted by Gasteiger charge is -2.17. The lowest BCUT2D eigenvalue weighted by Crippen LogP contribution is -2.29. The lowest BCUT2D eigenvalue weighted by atomic mass is 9.99. The van der Waals surface area contributed by atoms with Gasteiger partial charge in [0.05, 0.1) is 14.2 Å². The fraction of sp³-hybridized carbons (Fsp3) is 0.353. The topological polar surface area (TPSA) is 43.4 Å². The predicted molar refractivity (Wildman–Crippen MR) is 84.0 cm³/mol. The minimum absolute atomic E-state index is 0.354. The van der Waals surface area contributed by atoms with Crippen molar-refractivity contribution in [3.63, 3.8) is 0 Å². The summed E-state index contributed by atoms with van der Waals surface area (Å²) in [4.78, 5) is 4.16. The molecule has 1 atom stereocenters. The summed E-state index contributed by atoms with van der Waals surface area (Å²) in [5.74, 6) is 1.53. The number of hydrogen-bond acceptors (Lipinski definition) is 4. The Labute approximate surface area is 126 Å². The second kappa shape index (κ2) is 7.64. The third-order valence-corrected chi connectivity index (χ3v) is 3.54. The van der Waals surface area contributed by atoms with Gasteiger partial charge in [0.15, 0.2) is 11.5 Å². The molecule has 0 amide bonds. The molecule has 4 heteroatoms. The van der Waals surface area contributed by atoms with Crippen LogP contribution in [0.5, 0.6) is 11.5 Å². The molecule has 1 unspecified atom stereocenters. The van der Waals surface area contributed by atoms with Gasteiger partial charge < -0.3 is 14.8 Å². The number of nitrogens with zero attached hydrogens (tertiary/aromatic N) is 1. The summed E-state index contributed by atoms with van der Waals surface area (Å²) in [5.41, 5.74) is 2.45. The van der Waals surface area contributed by atoms with Crippen LogP contribution >= 0.6 is 0 Å². The SMILES string of the molecule is CNC(Cc1cccnc1)Cc1ccc(OC)c(OC)c1. The molecular formula is C17H22N2O2. The van der Waals surface area contributed by atoms with Crippen molar-refractivity contribution >= 4 is 0 Å². The second-order valence-corrected chi connectivity index (χ2v) is 4.94.